The number of hydrogen-bond acceptors (Lipinski definition) is 2. The lowest BCUT2D eigenvalue weighted by Crippen LogP contribution is -2.39. The van der Waals surface area contributed by atoms with Crippen molar-refractivity contribution in [2.24, 2.45) is 5.92 Å². The largest absolute Gasteiger partial charge is 0.265 e. The molecule has 0 aromatic heterocycles. The number of anilines is 1. The number of aryl methyl sites for hydroxylation is 1. The van der Waals surface area contributed by atoms with Gasteiger partial charge in [-0.15, -0.1) is 6.58 Å². The Balaban J connectivity index is 2.17. The third kappa shape index (κ3) is 2.67. The molecule has 1 atom stereocenters. The smallest absolute Gasteiger partial charge is 0.264 e. The molecule has 124 valence electrons. The maximum atomic E-state index is 13.2. The molecule has 1 unspecified atom stereocenters. The summed E-state index contributed by atoms with van der Waals surface area (Å²) < 4.78 is 27.9. The molecule has 0 spiro atoms. The molecule has 3 nitrogen and oxygen atoms in total. The summed E-state index contributed by atoms with van der Waals surface area (Å²) in [6.07, 6.45) is 3.87. The monoisotopic (exact) mass is 339 g/mol. The summed E-state index contributed by atoms with van der Waals surface area (Å²) in [5.41, 5.74) is 3.83. The summed E-state index contributed by atoms with van der Waals surface area (Å²) in [7, 11) is -3.61. The van der Waals surface area contributed by atoms with Crippen molar-refractivity contribution in [3.8, 4) is 0 Å². The molecule has 2 aromatic rings. The molecular weight excluding hydrogens is 318 g/mol. The standard InChI is InChI=1S/C20H21NO2S/c1-4-16-14-21(20-9-7-6-8-19(20)18(16)5-2)24(22,23)17-12-10-15(3)11-13-17/h4-13,16H,1,14H2,2-3H3/b18-5+. The van der Waals surface area contributed by atoms with Crippen molar-refractivity contribution in [2.45, 2.75) is 18.7 Å². The second-order valence-corrected chi connectivity index (χ2v) is 7.81. The van der Waals surface area contributed by atoms with Crippen molar-refractivity contribution in [1.29, 1.82) is 0 Å². The molecule has 4 heteroatoms. The number of para-hydroxylation sites is 1. The zero-order valence-electron chi connectivity index (χ0n) is 13.9. The van der Waals surface area contributed by atoms with Crippen LogP contribution in [0.3, 0.4) is 0 Å². The Hall–Kier alpha value is -2.33. The molecule has 1 aliphatic rings. The summed E-state index contributed by atoms with van der Waals surface area (Å²) in [5.74, 6) is -0.0230. The molecule has 0 saturated heterocycles. The van der Waals surface area contributed by atoms with E-state index in [4.69, 9.17) is 0 Å². The van der Waals surface area contributed by atoms with Gasteiger partial charge in [0.15, 0.2) is 0 Å². The number of fused-ring (bicyclic) bond motifs is 1. The predicted octanol–water partition coefficient (Wildman–Crippen LogP) is 4.41. The van der Waals surface area contributed by atoms with Crippen molar-refractivity contribution in [3.63, 3.8) is 0 Å². The van der Waals surface area contributed by atoms with Crippen molar-refractivity contribution >= 4 is 21.3 Å². The number of sulfonamides is 1. The van der Waals surface area contributed by atoms with Gasteiger partial charge in [-0.1, -0.05) is 48.0 Å². The minimum Gasteiger partial charge on any atom is -0.265 e. The van der Waals surface area contributed by atoms with E-state index in [1.165, 1.54) is 4.31 Å². The van der Waals surface area contributed by atoms with Crippen LogP contribution in [-0.4, -0.2) is 15.0 Å². The van der Waals surface area contributed by atoms with Gasteiger partial charge in [-0.2, -0.15) is 0 Å². The minimum absolute atomic E-state index is 0.0230. The first-order chi connectivity index (χ1) is 11.5. The van der Waals surface area contributed by atoms with Crippen LogP contribution in [0.5, 0.6) is 0 Å². The van der Waals surface area contributed by atoms with Gasteiger partial charge in [0, 0.05) is 18.0 Å². The normalized spacial score (nSPS) is 19.2. The van der Waals surface area contributed by atoms with Gasteiger partial charge in [-0.3, -0.25) is 4.31 Å². The van der Waals surface area contributed by atoms with Crippen LogP contribution in [0.1, 0.15) is 18.1 Å². The van der Waals surface area contributed by atoms with Gasteiger partial charge in [0.05, 0.1) is 10.6 Å². The van der Waals surface area contributed by atoms with E-state index < -0.39 is 10.0 Å². The second kappa shape index (κ2) is 6.29. The van der Waals surface area contributed by atoms with Crippen LogP contribution in [0.15, 0.2) is 72.2 Å². The number of rotatable bonds is 3. The SMILES string of the molecule is C=CC1CN(S(=O)(=O)c2ccc(C)cc2)c2ccccc2/C1=C/C. The molecule has 1 heterocycles. The van der Waals surface area contributed by atoms with E-state index in [2.05, 4.69) is 6.58 Å². The van der Waals surface area contributed by atoms with E-state index in [1.807, 2.05) is 62.4 Å². The van der Waals surface area contributed by atoms with Gasteiger partial charge in [0.25, 0.3) is 10.0 Å². The van der Waals surface area contributed by atoms with Crippen LogP contribution < -0.4 is 4.31 Å². The first kappa shape index (κ1) is 16.5. The fraction of sp³-hybridized carbons (Fsp3) is 0.200. The van der Waals surface area contributed by atoms with Crippen molar-refractivity contribution < 1.29 is 8.42 Å². The third-order valence-corrected chi connectivity index (χ3v) is 6.24. The molecule has 0 fully saturated rings. The number of benzene rings is 2. The van der Waals surface area contributed by atoms with Gasteiger partial charge in [-0.05, 0) is 37.6 Å². The van der Waals surface area contributed by atoms with Crippen LogP contribution in [0.25, 0.3) is 5.57 Å². The highest BCUT2D eigenvalue weighted by Gasteiger charge is 2.34. The van der Waals surface area contributed by atoms with Gasteiger partial charge in [-0.25, -0.2) is 8.42 Å². The Morgan fingerprint density at radius 1 is 1.12 bits per heavy atom. The summed E-state index contributed by atoms with van der Waals surface area (Å²) >= 11 is 0. The lowest BCUT2D eigenvalue weighted by Gasteiger charge is -2.36. The van der Waals surface area contributed by atoms with Crippen LogP contribution in [0, 0.1) is 12.8 Å². The van der Waals surface area contributed by atoms with Gasteiger partial charge < -0.3 is 0 Å². The average molecular weight is 339 g/mol. The van der Waals surface area contributed by atoms with E-state index in [-0.39, 0.29) is 5.92 Å². The fourth-order valence-corrected chi connectivity index (χ4v) is 4.66. The molecule has 0 bridgehead atoms. The van der Waals surface area contributed by atoms with E-state index in [1.54, 1.807) is 12.1 Å². The zero-order valence-corrected chi connectivity index (χ0v) is 14.8. The zero-order chi connectivity index (χ0) is 17.3. The molecule has 0 saturated carbocycles. The lowest BCUT2D eigenvalue weighted by atomic mass is 9.88. The average Bonchev–Trinajstić information content (AvgIpc) is 2.60. The Bertz CT molecular complexity index is 895. The molecule has 0 N–H and O–H groups in total. The molecular formula is C20H21NO2S. The first-order valence-electron chi connectivity index (χ1n) is 7.96. The number of hydrogen-bond donors (Lipinski definition) is 0. The van der Waals surface area contributed by atoms with Gasteiger partial charge in [0.2, 0.25) is 0 Å². The van der Waals surface area contributed by atoms with Crippen LogP contribution in [0.4, 0.5) is 5.69 Å². The predicted molar refractivity (Wildman–Crippen MR) is 99.5 cm³/mol. The highest BCUT2D eigenvalue weighted by atomic mass is 32.2. The van der Waals surface area contributed by atoms with E-state index in [0.717, 1.165) is 22.4 Å². The molecule has 1 aliphatic heterocycles. The molecule has 3 rings (SSSR count). The Kier molecular flexibility index (Phi) is 4.33. The van der Waals surface area contributed by atoms with Gasteiger partial charge in [0.1, 0.15) is 0 Å². The fourth-order valence-electron chi connectivity index (χ4n) is 3.15. The van der Waals surface area contributed by atoms with Crippen LogP contribution in [0.2, 0.25) is 0 Å². The Labute approximate surface area is 144 Å². The number of nitrogens with zero attached hydrogens (tertiary/aromatic N) is 1. The summed E-state index contributed by atoms with van der Waals surface area (Å²) in [6, 6.07) is 14.6. The maximum Gasteiger partial charge on any atom is 0.264 e. The first-order valence-corrected chi connectivity index (χ1v) is 9.40. The van der Waals surface area contributed by atoms with Crippen LogP contribution >= 0.6 is 0 Å². The minimum atomic E-state index is -3.61. The Morgan fingerprint density at radius 2 is 1.79 bits per heavy atom. The molecule has 0 amide bonds. The van der Waals surface area contributed by atoms with E-state index in [0.29, 0.717) is 11.4 Å². The Morgan fingerprint density at radius 3 is 2.42 bits per heavy atom. The van der Waals surface area contributed by atoms with Gasteiger partial charge >= 0.3 is 0 Å². The van der Waals surface area contributed by atoms with E-state index >= 15 is 0 Å². The second-order valence-electron chi connectivity index (χ2n) is 5.95. The topological polar surface area (TPSA) is 37.4 Å². The van der Waals surface area contributed by atoms with Crippen molar-refractivity contribution in [2.75, 3.05) is 10.8 Å². The van der Waals surface area contributed by atoms with Crippen LogP contribution in [-0.2, 0) is 10.0 Å². The van der Waals surface area contributed by atoms with Crippen molar-refractivity contribution in [3.05, 3.63) is 78.4 Å². The third-order valence-electron chi connectivity index (χ3n) is 4.45. The summed E-state index contributed by atoms with van der Waals surface area (Å²) in [4.78, 5) is 0.314. The molecule has 2 aromatic carbocycles. The highest BCUT2D eigenvalue weighted by Crippen LogP contribution is 2.40. The molecule has 0 radical (unpaired) electrons. The quantitative estimate of drug-likeness (QED) is 0.777. The molecule has 0 aliphatic carbocycles. The van der Waals surface area contributed by atoms with E-state index in [9.17, 15) is 8.42 Å². The highest BCUT2D eigenvalue weighted by molar-refractivity contribution is 7.92. The summed E-state index contributed by atoms with van der Waals surface area (Å²) in [6.45, 7) is 8.19. The summed E-state index contributed by atoms with van der Waals surface area (Å²) in [5, 5.41) is 0. The van der Waals surface area contributed by atoms with Crippen molar-refractivity contribution in [1.82, 2.24) is 0 Å². The maximum absolute atomic E-state index is 13.2. The lowest BCUT2D eigenvalue weighted by molar-refractivity contribution is 0.587. The molecule has 24 heavy (non-hydrogen) atoms. The number of allylic oxidation sites excluding steroid dienone is 1.